The van der Waals surface area contributed by atoms with Crippen LogP contribution in [0.1, 0.15) is 45.6 Å². The normalized spacial score (nSPS) is 13.2. The number of hydrogen-bond donors (Lipinski definition) is 3. The lowest BCUT2D eigenvalue weighted by atomic mass is 10.0. The third kappa shape index (κ3) is 12.4. The van der Waals surface area contributed by atoms with Gasteiger partial charge in [-0.25, -0.2) is 9.97 Å². The molecule has 1 amide bonds. The van der Waals surface area contributed by atoms with Crippen molar-refractivity contribution in [1.82, 2.24) is 44.9 Å². The smallest absolute Gasteiger partial charge is 0.251 e. The van der Waals surface area contributed by atoms with Gasteiger partial charge in [-0.3, -0.25) is 14.5 Å². The molecule has 6 heterocycles. The maximum atomic E-state index is 12.8. The number of amides is 1. The van der Waals surface area contributed by atoms with Crippen LogP contribution in [0.4, 0.5) is 5.82 Å². The zero-order valence-corrected chi connectivity index (χ0v) is 39.3. The highest BCUT2D eigenvalue weighted by molar-refractivity contribution is 6.05. The predicted octanol–water partition coefficient (Wildman–Crippen LogP) is 7.28. The molecule has 5 aromatic heterocycles. The molecule has 16 nitrogen and oxygen atoms in total. The minimum absolute atomic E-state index is 0.135. The number of nitrogens with zero attached hydrogens (tertiary/aromatic N) is 7. The van der Waals surface area contributed by atoms with E-state index < -0.39 is 0 Å². The Balaban J connectivity index is 0.613. The average molecular weight is 933 g/mol. The van der Waals surface area contributed by atoms with Gasteiger partial charge in [0.15, 0.2) is 0 Å². The average Bonchev–Trinajstić information content (AvgIpc) is 4.15. The van der Waals surface area contributed by atoms with Crippen LogP contribution in [-0.2, 0) is 38.6 Å². The fourth-order valence-corrected chi connectivity index (χ4v) is 8.63. The third-order valence-electron chi connectivity index (χ3n) is 12.3. The number of benzene rings is 3. The van der Waals surface area contributed by atoms with E-state index in [4.69, 9.17) is 33.8 Å². The van der Waals surface area contributed by atoms with Crippen LogP contribution in [-0.4, -0.2) is 119 Å². The van der Waals surface area contributed by atoms with E-state index in [2.05, 4.69) is 79.1 Å². The van der Waals surface area contributed by atoms with Crippen LogP contribution in [0.25, 0.3) is 38.8 Å². The van der Waals surface area contributed by atoms with Gasteiger partial charge in [-0.2, -0.15) is 5.10 Å². The lowest BCUT2D eigenvalue weighted by Gasteiger charge is -2.32. The van der Waals surface area contributed by atoms with Gasteiger partial charge in [-0.05, 0) is 91.1 Å². The largest absolute Gasteiger partial charge is 0.497 e. The number of piperidine rings is 1. The Morgan fingerprint density at radius 2 is 1.51 bits per heavy atom. The third-order valence-corrected chi connectivity index (χ3v) is 12.3. The molecule has 0 saturated carbocycles. The van der Waals surface area contributed by atoms with E-state index in [-0.39, 0.29) is 12.0 Å². The number of aromatic nitrogens is 7. The maximum absolute atomic E-state index is 12.8. The molecule has 0 bridgehead atoms. The van der Waals surface area contributed by atoms with E-state index in [1.165, 1.54) is 0 Å². The first kappa shape index (κ1) is 47.1. The Morgan fingerprint density at radius 3 is 2.28 bits per heavy atom. The van der Waals surface area contributed by atoms with Crippen LogP contribution in [0, 0.1) is 6.92 Å². The van der Waals surface area contributed by atoms with Crippen molar-refractivity contribution >= 4 is 33.7 Å². The highest BCUT2D eigenvalue weighted by atomic mass is 16.6. The van der Waals surface area contributed by atoms with Crippen LogP contribution >= 0.6 is 0 Å². The fraction of sp³-hybridized carbons (Fsp3) is 0.340. The molecule has 1 fully saturated rings. The molecule has 1 aliphatic heterocycles. The Morgan fingerprint density at radius 1 is 0.768 bits per heavy atom. The summed E-state index contributed by atoms with van der Waals surface area (Å²) in [4.78, 5) is 32.0. The second-order valence-corrected chi connectivity index (χ2v) is 17.1. The molecule has 0 atom stereocenters. The van der Waals surface area contributed by atoms with Crippen molar-refractivity contribution < 1.29 is 28.5 Å². The second-order valence-electron chi connectivity index (χ2n) is 17.1. The summed E-state index contributed by atoms with van der Waals surface area (Å²) >= 11 is 0. The molecule has 0 aliphatic carbocycles. The van der Waals surface area contributed by atoms with Crippen LogP contribution < -0.4 is 20.3 Å². The Hall–Kier alpha value is -6.95. The fourth-order valence-electron chi connectivity index (χ4n) is 8.63. The van der Waals surface area contributed by atoms with Gasteiger partial charge in [0.2, 0.25) is 0 Å². The number of rotatable bonds is 24. The molecule has 0 spiro atoms. The number of fused-ring (bicyclic) bond motifs is 3. The lowest BCUT2D eigenvalue weighted by molar-refractivity contribution is -0.0236. The summed E-state index contributed by atoms with van der Waals surface area (Å²) in [5.41, 5.74) is 10.0. The molecule has 9 rings (SSSR count). The van der Waals surface area contributed by atoms with Crippen molar-refractivity contribution in [2.24, 2.45) is 0 Å². The Kier molecular flexibility index (Phi) is 16.0. The standard InChI is InChI=1S/C53H60N10O6/c1-38-48(36-63(60-38)35-40-5-10-43(65-2)11-6-40)46-31-41(7-13-50(46)62-23-19-55-37-62)33-56-32-39-3-8-42(9-4-39)53(64)57-20-24-66-25-26-67-27-28-68-29-30-69-44-16-21-61(22-17-44)51-14-12-45-47-34-54-18-15-49(47)58-52(45)59-51/h3-15,18-19,23,31,34,36-37,44,56H,16-17,20-22,24-30,32-33,35H2,1-2H3,(H,57,64)(H,58,59). The summed E-state index contributed by atoms with van der Waals surface area (Å²) in [6.07, 6.45) is 13.5. The van der Waals surface area contributed by atoms with Crippen LogP contribution in [0.3, 0.4) is 0 Å². The summed E-state index contributed by atoms with van der Waals surface area (Å²) in [6.45, 7) is 9.58. The van der Waals surface area contributed by atoms with Gasteiger partial charge in [0.05, 0.1) is 89.2 Å². The molecule has 8 aromatic rings. The molecule has 0 radical (unpaired) electrons. The highest BCUT2D eigenvalue weighted by Crippen LogP contribution is 2.31. The van der Waals surface area contributed by atoms with E-state index in [1.54, 1.807) is 19.5 Å². The molecule has 1 saturated heterocycles. The number of anilines is 1. The summed E-state index contributed by atoms with van der Waals surface area (Å²) in [6, 6.07) is 28.4. The van der Waals surface area contributed by atoms with Crippen molar-refractivity contribution in [1.29, 1.82) is 0 Å². The molecule has 3 N–H and O–H groups in total. The number of pyridine rings is 2. The number of aromatic amines is 1. The second kappa shape index (κ2) is 23.4. The Labute approximate surface area is 401 Å². The molecule has 3 aromatic carbocycles. The van der Waals surface area contributed by atoms with E-state index in [0.29, 0.717) is 78.0 Å². The molecule has 0 unspecified atom stereocenters. The molecular formula is C53H60N10O6. The minimum atomic E-state index is -0.135. The number of nitrogens with one attached hydrogen (secondary N) is 3. The number of aryl methyl sites for hydroxylation is 1. The van der Waals surface area contributed by atoms with Gasteiger partial charge in [0, 0.05) is 91.2 Å². The number of hydrogen-bond acceptors (Lipinski definition) is 12. The van der Waals surface area contributed by atoms with Crippen molar-refractivity contribution in [2.45, 2.75) is 45.5 Å². The van der Waals surface area contributed by atoms with Gasteiger partial charge in [-0.15, -0.1) is 0 Å². The lowest BCUT2D eigenvalue weighted by Crippen LogP contribution is -2.37. The summed E-state index contributed by atoms with van der Waals surface area (Å²) in [5, 5.41) is 13.6. The van der Waals surface area contributed by atoms with Crippen molar-refractivity contribution in [3.8, 4) is 22.6 Å². The van der Waals surface area contributed by atoms with Gasteiger partial charge in [-0.1, -0.05) is 30.3 Å². The van der Waals surface area contributed by atoms with Gasteiger partial charge < -0.3 is 48.8 Å². The highest BCUT2D eigenvalue weighted by Gasteiger charge is 2.22. The van der Waals surface area contributed by atoms with Crippen molar-refractivity contribution in [2.75, 3.05) is 77.9 Å². The van der Waals surface area contributed by atoms with Crippen molar-refractivity contribution in [3.05, 3.63) is 150 Å². The van der Waals surface area contributed by atoms with E-state index in [9.17, 15) is 4.79 Å². The maximum Gasteiger partial charge on any atom is 0.251 e. The number of methoxy groups -OCH3 is 1. The van der Waals surface area contributed by atoms with Crippen LogP contribution in [0.5, 0.6) is 5.75 Å². The number of carbonyl (C=O) groups excluding carboxylic acids is 1. The number of carbonyl (C=O) groups is 1. The Bertz CT molecular complexity index is 2870. The van der Waals surface area contributed by atoms with E-state index >= 15 is 0 Å². The monoisotopic (exact) mass is 932 g/mol. The number of imidazole rings is 1. The zero-order chi connectivity index (χ0) is 47.2. The van der Waals surface area contributed by atoms with E-state index in [0.717, 1.165) is 98.6 Å². The summed E-state index contributed by atoms with van der Waals surface area (Å²) < 4.78 is 32.5. The van der Waals surface area contributed by atoms with Gasteiger partial charge in [0.1, 0.15) is 17.2 Å². The van der Waals surface area contributed by atoms with Gasteiger partial charge >= 0.3 is 0 Å². The minimum Gasteiger partial charge on any atom is -0.497 e. The molecular weight excluding hydrogens is 873 g/mol. The zero-order valence-electron chi connectivity index (χ0n) is 39.3. The summed E-state index contributed by atoms with van der Waals surface area (Å²) in [7, 11) is 1.67. The SMILES string of the molecule is COc1ccc(Cn2cc(-c3cc(CNCc4ccc(C(=O)NCCOCCOCCOCCOC5CCN(c6ccc7c(n6)[nH]c6ccncc67)CC5)cc4)ccc3-n3ccnc3)c(C)n2)cc1. The molecule has 1 aliphatic rings. The first-order chi connectivity index (χ1) is 34.0. The molecule has 16 heteroatoms. The molecule has 69 heavy (non-hydrogen) atoms. The number of ether oxygens (including phenoxy) is 5. The number of H-pyrrole nitrogens is 1. The first-order valence-electron chi connectivity index (χ1n) is 23.7. The first-order valence-corrected chi connectivity index (χ1v) is 23.7. The van der Waals surface area contributed by atoms with Crippen LogP contribution in [0.15, 0.2) is 122 Å². The molecule has 358 valence electrons. The van der Waals surface area contributed by atoms with Crippen molar-refractivity contribution in [3.63, 3.8) is 0 Å². The van der Waals surface area contributed by atoms with Crippen LogP contribution in [0.2, 0.25) is 0 Å². The predicted molar refractivity (Wildman–Crippen MR) is 266 cm³/mol. The van der Waals surface area contributed by atoms with Gasteiger partial charge in [0.25, 0.3) is 5.91 Å². The quantitative estimate of drug-likeness (QED) is 0.0519. The van der Waals surface area contributed by atoms with E-state index in [1.807, 2.05) is 77.4 Å². The topological polar surface area (TPSA) is 168 Å². The summed E-state index contributed by atoms with van der Waals surface area (Å²) in [5.74, 6) is 1.68.